The van der Waals surface area contributed by atoms with Gasteiger partial charge in [-0.05, 0) is 69.8 Å². The first-order valence-corrected chi connectivity index (χ1v) is 26.6. The molecule has 2 N–H and O–H groups in total. The fraction of sp³-hybridized carbons (Fsp3) is 0.200. The first kappa shape index (κ1) is 51.8. The Kier molecular flexibility index (Phi) is 16.0. The van der Waals surface area contributed by atoms with Gasteiger partial charge in [-0.3, -0.25) is 28.7 Å². The topological polar surface area (TPSA) is 165 Å². The summed E-state index contributed by atoms with van der Waals surface area (Å²) in [6, 6.07) is 58.2. The van der Waals surface area contributed by atoms with Crippen LogP contribution in [0.2, 0.25) is 0 Å². The zero-order valence-corrected chi connectivity index (χ0v) is 43.2. The van der Waals surface area contributed by atoms with Crippen LogP contribution in [0.3, 0.4) is 0 Å². The minimum atomic E-state index is -1.08. The van der Waals surface area contributed by atoms with Crippen molar-refractivity contribution in [1.29, 1.82) is 0 Å². The fourth-order valence-electron chi connectivity index (χ4n) is 9.69. The van der Waals surface area contributed by atoms with Crippen LogP contribution in [0.4, 0.5) is 0 Å². The fourth-order valence-corrected chi connectivity index (χ4v) is 12.0. The zero-order valence-electron chi connectivity index (χ0n) is 41.6. The highest BCUT2D eigenvalue weighted by atomic mass is 32.2. The largest absolute Gasteiger partial charge is 0.497 e. The normalized spacial score (nSPS) is 17.5. The summed E-state index contributed by atoms with van der Waals surface area (Å²) in [6.07, 6.45) is 3.81. The average molecular weight is 1060 g/mol. The van der Waals surface area contributed by atoms with E-state index < -0.39 is 58.4 Å². The highest BCUT2D eigenvalue weighted by molar-refractivity contribution is 8.06. The summed E-state index contributed by atoms with van der Waals surface area (Å²) in [5, 5.41) is 0. The monoisotopic (exact) mass is 1050 g/mol. The van der Waals surface area contributed by atoms with Gasteiger partial charge in [-0.15, -0.1) is 23.5 Å². The Balaban J connectivity index is 0.924. The van der Waals surface area contributed by atoms with E-state index in [1.165, 1.54) is 57.2 Å². The van der Waals surface area contributed by atoms with Crippen molar-refractivity contribution in [2.24, 2.45) is 0 Å². The van der Waals surface area contributed by atoms with Gasteiger partial charge in [-0.2, -0.15) is 0 Å². The molecule has 0 radical (unpaired) electrons. The van der Waals surface area contributed by atoms with Crippen molar-refractivity contribution >= 4 is 23.5 Å². The molecule has 2 aliphatic heterocycles. The molecule has 6 aromatic carbocycles. The van der Waals surface area contributed by atoms with Crippen molar-refractivity contribution < 1.29 is 28.4 Å². The number of hydrogen-bond acceptors (Lipinski definition) is 12. The summed E-state index contributed by atoms with van der Waals surface area (Å²) < 4.78 is 41.5. The first-order chi connectivity index (χ1) is 37.2. The number of methoxy groups -OCH3 is 2. The average Bonchev–Trinajstić information content (AvgIpc) is 4.11. The van der Waals surface area contributed by atoms with Crippen molar-refractivity contribution in [2.75, 3.05) is 38.9 Å². The molecule has 2 aromatic heterocycles. The molecular weight excluding hydrogens is 1000 g/mol. The molecule has 76 heavy (non-hydrogen) atoms. The molecule has 4 heterocycles. The number of thioether (sulfide) groups is 2. The molecule has 0 aliphatic carbocycles. The van der Waals surface area contributed by atoms with Gasteiger partial charge in [0.2, 0.25) is 0 Å². The van der Waals surface area contributed by atoms with Gasteiger partial charge in [0.15, 0.2) is 12.5 Å². The number of H-pyrrole nitrogens is 2. The molecule has 0 fully saturated rings. The maximum Gasteiger partial charge on any atom is 0.330 e. The lowest BCUT2D eigenvalue weighted by Gasteiger charge is -2.36. The number of hydrogen-bond donors (Lipinski definition) is 2. The molecule has 16 heteroatoms. The minimum Gasteiger partial charge on any atom is -0.497 e. The van der Waals surface area contributed by atoms with Crippen LogP contribution >= 0.6 is 23.5 Å². The van der Waals surface area contributed by atoms with Crippen LogP contribution in [0.15, 0.2) is 236 Å². The van der Waals surface area contributed by atoms with Gasteiger partial charge in [0, 0.05) is 45.8 Å². The number of ether oxygens (including phenoxy) is 6. The van der Waals surface area contributed by atoms with Crippen LogP contribution in [-0.2, 0) is 30.1 Å². The molecule has 0 saturated carbocycles. The van der Waals surface area contributed by atoms with Crippen LogP contribution in [0.25, 0.3) is 0 Å². The quantitative estimate of drug-likeness (QED) is 0.0519. The first-order valence-electron chi connectivity index (χ1n) is 24.6. The Morgan fingerprint density at radius 2 is 0.763 bits per heavy atom. The van der Waals surface area contributed by atoms with E-state index in [1.54, 1.807) is 14.2 Å². The van der Waals surface area contributed by atoms with Crippen molar-refractivity contribution in [1.82, 2.24) is 19.1 Å². The Labute approximate surface area is 446 Å². The van der Waals surface area contributed by atoms with Crippen LogP contribution in [0, 0.1) is 0 Å². The summed E-state index contributed by atoms with van der Waals surface area (Å²) in [7, 11) is 3.26. The maximum absolute atomic E-state index is 13.4. The molecule has 0 spiro atoms. The lowest BCUT2D eigenvalue weighted by Crippen LogP contribution is -2.36. The number of benzene rings is 6. The van der Waals surface area contributed by atoms with Gasteiger partial charge in [-0.25, -0.2) is 9.59 Å². The Morgan fingerprint density at radius 1 is 0.447 bits per heavy atom. The second kappa shape index (κ2) is 23.5. The number of aromatic amines is 2. The van der Waals surface area contributed by atoms with Gasteiger partial charge in [0.1, 0.15) is 34.9 Å². The van der Waals surface area contributed by atoms with E-state index in [4.69, 9.17) is 28.4 Å². The summed E-state index contributed by atoms with van der Waals surface area (Å²) in [5.74, 6) is 2.46. The lowest BCUT2D eigenvalue weighted by atomic mass is 9.80. The van der Waals surface area contributed by atoms with Gasteiger partial charge in [0.05, 0.1) is 27.4 Å². The highest BCUT2D eigenvalue weighted by Crippen LogP contribution is 2.45. The maximum atomic E-state index is 13.4. The third-order valence-electron chi connectivity index (χ3n) is 13.3. The molecule has 14 nitrogen and oxygen atoms in total. The summed E-state index contributed by atoms with van der Waals surface area (Å²) >= 11 is 3.00. The third-order valence-corrected chi connectivity index (χ3v) is 15.7. The number of rotatable bonds is 21. The Hall–Kier alpha value is -7.70. The molecule has 8 aromatic rings. The summed E-state index contributed by atoms with van der Waals surface area (Å²) in [5.41, 5.74) is 0.913. The van der Waals surface area contributed by atoms with Gasteiger partial charge in [-0.1, -0.05) is 146 Å². The van der Waals surface area contributed by atoms with Crippen molar-refractivity contribution in [3.63, 3.8) is 0 Å². The van der Waals surface area contributed by atoms with Crippen LogP contribution < -0.4 is 32.0 Å². The van der Waals surface area contributed by atoms with Crippen LogP contribution in [0.5, 0.6) is 11.5 Å². The van der Waals surface area contributed by atoms with Crippen molar-refractivity contribution in [2.45, 2.75) is 35.9 Å². The van der Waals surface area contributed by atoms with Crippen LogP contribution in [-0.4, -0.2) is 70.2 Å². The molecule has 0 saturated heterocycles. The Morgan fingerprint density at radius 3 is 1.07 bits per heavy atom. The van der Waals surface area contributed by atoms with Gasteiger partial charge < -0.3 is 28.4 Å². The van der Waals surface area contributed by atoms with E-state index >= 15 is 0 Å². The number of nitrogens with one attached hydrogen (secondary N) is 2. The van der Waals surface area contributed by atoms with Crippen molar-refractivity contribution in [3.05, 3.63) is 291 Å². The summed E-state index contributed by atoms with van der Waals surface area (Å²) in [6.45, 7) is 0.168. The van der Waals surface area contributed by atoms with E-state index in [-0.39, 0.29) is 13.2 Å². The molecule has 2 aliphatic rings. The van der Waals surface area contributed by atoms with E-state index in [9.17, 15) is 19.2 Å². The number of nitrogens with zero attached hydrogens (tertiary/aromatic N) is 2. The molecule has 0 unspecified atom stereocenters. The smallest absolute Gasteiger partial charge is 0.330 e. The van der Waals surface area contributed by atoms with Crippen molar-refractivity contribution in [3.8, 4) is 11.5 Å². The van der Waals surface area contributed by atoms with E-state index in [0.29, 0.717) is 23.0 Å². The minimum absolute atomic E-state index is 0.0841. The lowest BCUT2D eigenvalue weighted by molar-refractivity contribution is -0.0691. The summed E-state index contributed by atoms with van der Waals surface area (Å²) in [4.78, 5) is 57.6. The molecule has 10 rings (SSSR count). The standard InChI is InChI=1S/C60H54N4O10S2/c1-69-47-27-23-45(24-28-47)59(41-15-7-3-8-16-41,42-17-9-4-10-18-42)71-39-49-37-51(55(73-49)63-33-31-53(65)61-57(63)67)75-35-36-76-52-38-50(74-56(52)64-34-32-54(66)62-58(64)68)40-72-60(43-19-11-5-12-20-43,44-21-13-6-14-22-44)46-25-29-48(70-2)30-26-46/h3-34,37-38,49-50,55-56H,35-36,39-40H2,1-2H3,(H,61,65,67)(H,62,66,68)/t49-,50-,55+,56+/m0/s1. The van der Waals surface area contributed by atoms with E-state index in [1.807, 2.05) is 182 Å². The third kappa shape index (κ3) is 10.9. The van der Waals surface area contributed by atoms with E-state index in [0.717, 1.165) is 43.2 Å². The van der Waals surface area contributed by atoms with Gasteiger partial charge >= 0.3 is 11.4 Å². The van der Waals surface area contributed by atoms with Gasteiger partial charge in [0.25, 0.3) is 11.1 Å². The highest BCUT2D eigenvalue weighted by Gasteiger charge is 2.42. The molecule has 4 atom stereocenters. The number of aromatic nitrogens is 4. The molecule has 386 valence electrons. The second-order valence-corrected chi connectivity index (χ2v) is 20.2. The second-order valence-electron chi connectivity index (χ2n) is 17.8. The molecule has 0 amide bonds. The Bertz CT molecular complexity index is 3220. The molecular formula is C60H54N4O10S2. The van der Waals surface area contributed by atoms with Crippen LogP contribution in [0.1, 0.15) is 45.8 Å². The SMILES string of the molecule is COc1ccc(C(OC[C@@H]2C=C(SCCSC3=C[C@@H](COC(c4ccccc4)(c4ccccc4)c4ccc(OC)cc4)O[C@H]3n3ccc(=O)[nH]c3=O)[C@H](n3ccc(=O)[nH]c3=O)O2)(c2ccccc2)c2ccccc2)cc1. The molecule has 0 bridgehead atoms. The predicted octanol–water partition coefficient (Wildman–Crippen LogP) is 9.15. The van der Waals surface area contributed by atoms with E-state index in [2.05, 4.69) is 9.97 Å². The predicted molar refractivity (Wildman–Crippen MR) is 295 cm³/mol. The zero-order chi connectivity index (χ0) is 52.5.